The Balaban J connectivity index is 1.90. The van der Waals surface area contributed by atoms with E-state index in [0.717, 1.165) is 22.3 Å². The van der Waals surface area contributed by atoms with Crippen LogP contribution in [0.3, 0.4) is 0 Å². The van der Waals surface area contributed by atoms with Crippen LogP contribution in [0.1, 0.15) is 11.1 Å². The van der Waals surface area contributed by atoms with E-state index in [1.807, 2.05) is 30.3 Å². The van der Waals surface area contributed by atoms with Crippen LogP contribution in [0, 0.1) is 35.9 Å². The quantitative estimate of drug-likeness (QED) is 0.586. The van der Waals surface area contributed by atoms with E-state index < -0.39 is 5.82 Å². The molecular formula is C22H14FN. The van der Waals surface area contributed by atoms with Crippen molar-refractivity contribution in [3.05, 3.63) is 83.7 Å². The molecular weight excluding hydrogens is 297 g/mol. The first kappa shape index (κ1) is 15.5. The van der Waals surface area contributed by atoms with Crippen LogP contribution in [0.5, 0.6) is 0 Å². The molecule has 0 bridgehead atoms. The van der Waals surface area contributed by atoms with E-state index in [9.17, 15) is 4.39 Å². The fraction of sp³-hybridized carbons (Fsp3) is 0.0455. The maximum atomic E-state index is 14.0. The molecule has 1 nitrogen and oxygen atoms in total. The molecule has 0 N–H and O–H groups in total. The summed E-state index contributed by atoms with van der Waals surface area (Å²) in [5, 5.41) is 8.44. The largest absolute Gasteiger partial charge is 0.206 e. The fourth-order valence-electron chi connectivity index (χ4n) is 2.49. The van der Waals surface area contributed by atoms with Crippen LogP contribution in [-0.2, 0) is 0 Å². The van der Waals surface area contributed by atoms with Crippen LogP contribution in [0.4, 0.5) is 4.39 Å². The summed E-state index contributed by atoms with van der Waals surface area (Å²) >= 11 is 0. The van der Waals surface area contributed by atoms with Crippen LogP contribution in [-0.4, -0.2) is 0 Å². The SMILES string of the molecule is Cc1ccc(-c2ccc(-c3ccc(C#CC#N)c(F)c3)cc2)cc1. The van der Waals surface area contributed by atoms with Crippen molar-refractivity contribution in [3.8, 4) is 40.2 Å². The van der Waals surface area contributed by atoms with E-state index in [0.29, 0.717) is 0 Å². The van der Waals surface area contributed by atoms with E-state index in [1.54, 1.807) is 12.1 Å². The van der Waals surface area contributed by atoms with Gasteiger partial charge >= 0.3 is 0 Å². The van der Waals surface area contributed by atoms with Crippen LogP contribution >= 0.6 is 0 Å². The molecule has 0 fully saturated rings. The summed E-state index contributed by atoms with van der Waals surface area (Å²) in [7, 11) is 0. The Labute approximate surface area is 141 Å². The number of nitrogens with zero attached hydrogens (tertiary/aromatic N) is 1. The van der Waals surface area contributed by atoms with Gasteiger partial charge in [-0.3, -0.25) is 0 Å². The molecule has 0 spiro atoms. The lowest BCUT2D eigenvalue weighted by Crippen LogP contribution is -1.86. The lowest BCUT2D eigenvalue weighted by molar-refractivity contribution is 0.625. The molecule has 3 rings (SSSR count). The molecule has 3 aromatic rings. The van der Waals surface area contributed by atoms with E-state index in [-0.39, 0.29) is 5.56 Å². The van der Waals surface area contributed by atoms with Crippen molar-refractivity contribution >= 4 is 0 Å². The van der Waals surface area contributed by atoms with Gasteiger partial charge in [-0.15, -0.1) is 0 Å². The standard InChI is InChI=1S/C22H14FN/c1-16-4-6-17(7-5-16)18-8-10-19(11-9-18)21-13-12-20(3-2-14-24)22(23)15-21/h4-13,15H,1H3. The van der Waals surface area contributed by atoms with Gasteiger partial charge in [-0.2, -0.15) is 5.26 Å². The van der Waals surface area contributed by atoms with Crippen molar-refractivity contribution in [3.63, 3.8) is 0 Å². The van der Waals surface area contributed by atoms with Crippen molar-refractivity contribution in [1.29, 1.82) is 5.26 Å². The monoisotopic (exact) mass is 311 g/mol. The highest BCUT2D eigenvalue weighted by Crippen LogP contribution is 2.26. The number of benzene rings is 3. The second kappa shape index (κ2) is 6.82. The summed E-state index contributed by atoms with van der Waals surface area (Å²) in [6.07, 6.45) is 0. The second-order valence-corrected chi connectivity index (χ2v) is 5.50. The van der Waals surface area contributed by atoms with Gasteiger partial charge < -0.3 is 0 Å². The van der Waals surface area contributed by atoms with Crippen molar-refractivity contribution in [2.75, 3.05) is 0 Å². The van der Waals surface area contributed by atoms with E-state index >= 15 is 0 Å². The topological polar surface area (TPSA) is 23.8 Å². The van der Waals surface area contributed by atoms with Gasteiger partial charge in [0, 0.05) is 5.92 Å². The molecule has 0 saturated heterocycles. The predicted octanol–water partition coefficient (Wildman–Crippen LogP) is 5.34. The van der Waals surface area contributed by atoms with Crippen molar-refractivity contribution < 1.29 is 4.39 Å². The first-order chi connectivity index (χ1) is 11.7. The molecule has 0 unspecified atom stereocenters. The molecule has 114 valence electrons. The number of aryl methyl sites for hydroxylation is 1. The summed E-state index contributed by atoms with van der Waals surface area (Å²) in [4.78, 5) is 0. The molecule has 0 aliphatic heterocycles. The first-order valence-corrected chi connectivity index (χ1v) is 7.54. The highest BCUT2D eigenvalue weighted by molar-refractivity contribution is 5.71. The van der Waals surface area contributed by atoms with Crippen molar-refractivity contribution in [2.24, 2.45) is 0 Å². The third-order valence-corrected chi connectivity index (χ3v) is 3.83. The maximum Gasteiger partial charge on any atom is 0.152 e. The van der Waals surface area contributed by atoms with Gasteiger partial charge in [0.05, 0.1) is 5.56 Å². The van der Waals surface area contributed by atoms with Crippen LogP contribution in [0.25, 0.3) is 22.3 Å². The molecule has 0 heterocycles. The Hall–Kier alpha value is -3.36. The number of hydrogen-bond acceptors (Lipinski definition) is 1. The molecule has 0 aliphatic rings. The summed E-state index contributed by atoms with van der Waals surface area (Å²) in [6, 6.07) is 22.9. The molecule has 0 saturated carbocycles. The summed E-state index contributed by atoms with van der Waals surface area (Å²) in [5.74, 6) is 4.28. The van der Waals surface area contributed by atoms with E-state index in [4.69, 9.17) is 5.26 Å². The smallest absolute Gasteiger partial charge is 0.152 e. The molecule has 2 heteroatoms. The molecule has 0 atom stereocenters. The fourth-order valence-corrected chi connectivity index (χ4v) is 2.49. The third-order valence-electron chi connectivity index (χ3n) is 3.83. The van der Waals surface area contributed by atoms with Crippen molar-refractivity contribution in [1.82, 2.24) is 0 Å². The average Bonchev–Trinajstić information content (AvgIpc) is 2.61. The Morgan fingerprint density at radius 2 is 1.25 bits per heavy atom. The normalized spacial score (nSPS) is 9.71. The van der Waals surface area contributed by atoms with Gasteiger partial charge in [0.1, 0.15) is 5.82 Å². The third kappa shape index (κ3) is 3.35. The van der Waals surface area contributed by atoms with Crippen LogP contribution < -0.4 is 0 Å². The zero-order chi connectivity index (χ0) is 16.9. The highest BCUT2D eigenvalue weighted by Gasteiger charge is 2.04. The number of rotatable bonds is 2. The van der Waals surface area contributed by atoms with E-state index in [1.165, 1.54) is 11.6 Å². The molecule has 0 radical (unpaired) electrons. The number of halogens is 1. The maximum absolute atomic E-state index is 14.0. The molecule has 0 aliphatic carbocycles. The molecule has 24 heavy (non-hydrogen) atoms. The minimum absolute atomic E-state index is 0.233. The van der Waals surface area contributed by atoms with Crippen LogP contribution in [0.15, 0.2) is 66.7 Å². The zero-order valence-electron chi connectivity index (χ0n) is 13.2. The molecule has 0 aromatic heterocycles. The van der Waals surface area contributed by atoms with Gasteiger partial charge in [0.25, 0.3) is 0 Å². The summed E-state index contributed by atoms with van der Waals surface area (Å²) in [6.45, 7) is 2.06. The van der Waals surface area contributed by atoms with Gasteiger partial charge in [-0.05, 0) is 47.2 Å². The predicted molar refractivity (Wildman–Crippen MR) is 94.5 cm³/mol. The first-order valence-electron chi connectivity index (χ1n) is 7.54. The lowest BCUT2D eigenvalue weighted by atomic mass is 9.99. The van der Waals surface area contributed by atoms with Gasteiger partial charge in [-0.1, -0.05) is 60.2 Å². The number of nitriles is 1. The molecule has 3 aromatic carbocycles. The average molecular weight is 311 g/mol. The molecule has 0 amide bonds. The Bertz CT molecular complexity index is 966. The van der Waals surface area contributed by atoms with Crippen LogP contribution in [0.2, 0.25) is 0 Å². The Morgan fingerprint density at radius 1 is 0.750 bits per heavy atom. The van der Waals surface area contributed by atoms with E-state index in [2.05, 4.69) is 43.0 Å². The second-order valence-electron chi connectivity index (χ2n) is 5.50. The minimum atomic E-state index is -0.419. The minimum Gasteiger partial charge on any atom is -0.206 e. The number of hydrogen-bond donors (Lipinski definition) is 0. The van der Waals surface area contributed by atoms with Gasteiger partial charge in [0.2, 0.25) is 0 Å². The lowest BCUT2D eigenvalue weighted by Gasteiger charge is -2.06. The Kier molecular flexibility index (Phi) is 4.41. The Morgan fingerprint density at radius 3 is 1.79 bits per heavy atom. The van der Waals surface area contributed by atoms with Crippen molar-refractivity contribution in [2.45, 2.75) is 6.92 Å². The van der Waals surface area contributed by atoms with Gasteiger partial charge in [0.15, 0.2) is 6.07 Å². The van der Waals surface area contributed by atoms with Gasteiger partial charge in [-0.25, -0.2) is 4.39 Å². The zero-order valence-corrected chi connectivity index (χ0v) is 13.2. The summed E-state index contributed by atoms with van der Waals surface area (Å²) in [5.41, 5.74) is 5.45. The highest BCUT2D eigenvalue weighted by atomic mass is 19.1. The summed E-state index contributed by atoms with van der Waals surface area (Å²) < 4.78 is 14.0.